The molecule has 1 amide bonds. The smallest absolute Gasteiger partial charge is 0.272 e. The van der Waals surface area contributed by atoms with Gasteiger partial charge in [0.1, 0.15) is 23.7 Å². The monoisotopic (exact) mass is 530 g/mol. The number of carbonyl (C=O) groups is 1. The number of hydrogen-bond acceptors (Lipinski definition) is 7. The minimum Gasteiger partial charge on any atom is -0.492 e. The first-order valence-electron chi connectivity index (χ1n) is 13.6. The molecule has 204 valence electrons. The van der Waals surface area contributed by atoms with Crippen molar-refractivity contribution in [1.82, 2.24) is 29.8 Å². The molecule has 1 aliphatic carbocycles. The Morgan fingerprint density at radius 2 is 2.00 bits per heavy atom. The second kappa shape index (κ2) is 10.8. The lowest BCUT2D eigenvalue weighted by atomic mass is 9.64. The van der Waals surface area contributed by atoms with Crippen molar-refractivity contribution in [2.45, 2.75) is 38.6 Å². The summed E-state index contributed by atoms with van der Waals surface area (Å²) in [7, 11) is 0. The highest BCUT2D eigenvalue weighted by Crippen LogP contribution is 2.44. The van der Waals surface area contributed by atoms with Crippen molar-refractivity contribution in [3.05, 3.63) is 70.5 Å². The zero-order valence-electron chi connectivity index (χ0n) is 22.2. The van der Waals surface area contributed by atoms with Crippen molar-refractivity contribution in [3.8, 4) is 5.75 Å². The van der Waals surface area contributed by atoms with Crippen LogP contribution in [0.5, 0.6) is 5.75 Å². The van der Waals surface area contributed by atoms with Crippen molar-refractivity contribution < 1.29 is 14.3 Å². The van der Waals surface area contributed by atoms with E-state index in [4.69, 9.17) is 9.47 Å². The molecule has 0 radical (unpaired) electrons. The normalized spacial score (nSPS) is 21.6. The van der Waals surface area contributed by atoms with Crippen LogP contribution in [0.1, 0.15) is 42.4 Å². The van der Waals surface area contributed by atoms with Gasteiger partial charge in [0, 0.05) is 43.3 Å². The molecule has 2 aliphatic rings. The molecule has 2 N–H and O–H groups in total. The van der Waals surface area contributed by atoms with E-state index in [1.165, 1.54) is 0 Å². The van der Waals surface area contributed by atoms with Crippen LogP contribution in [0.3, 0.4) is 0 Å². The van der Waals surface area contributed by atoms with Gasteiger partial charge in [0.25, 0.3) is 11.5 Å². The van der Waals surface area contributed by atoms with Crippen molar-refractivity contribution in [1.29, 1.82) is 0 Å². The first-order chi connectivity index (χ1) is 19.0. The Bertz CT molecular complexity index is 1530. The maximum Gasteiger partial charge on any atom is 0.272 e. The average Bonchev–Trinajstić information content (AvgIpc) is 3.36. The fourth-order valence-corrected chi connectivity index (χ4v) is 5.81. The van der Waals surface area contributed by atoms with Gasteiger partial charge < -0.3 is 14.8 Å². The summed E-state index contributed by atoms with van der Waals surface area (Å²) < 4.78 is 13.1. The summed E-state index contributed by atoms with van der Waals surface area (Å²) in [6, 6.07) is 11.4. The molecule has 39 heavy (non-hydrogen) atoms. The van der Waals surface area contributed by atoms with E-state index >= 15 is 0 Å². The number of benzene rings is 1. The van der Waals surface area contributed by atoms with Crippen LogP contribution in [0.2, 0.25) is 0 Å². The molecule has 1 aromatic carbocycles. The number of nitrogens with one attached hydrogen (secondary N) is 2. The van der Waals surface area contributed by atoms with Gasteiger partial charge in [-0.05, 0) is 43.2 Å². The van der Waals surface area contributed by atoms with Gasteiger partial charge in [0.05, 0.1) is 30.5 Å². The summed E-state index contributed by atoms with van der Waals surface area (Å²) in [5.74, 6) is 0.622. The summed E-state index contributed by atoms with van der Waals surface area (Å²) in [5.41, 5.74) is 2.07. The van der Waals surface area contributed by atoms with E-state index in [0.29, 0.717) is 23.3 Å². The summed E-state index contributed by atoms with van der Waals surface area (Å²) in [6.45, 7) is 7.12. The van der Waals surface area contributed by atoms with Gasteiger partial charge in [-0.25, -0.2) is 10.1 Å². The Balaban J connectivity index is 1.01. The quantitative estimate of drug-likeness (QED) is 0.342. The fraction of sp³-hybridized carbons (Fsp3) is 0.448. The predicted octanol–water partition coefficient (Wildman–Crippen LogP) is 2.81. The van der Waals surface area contributed by atoms with Crippen molar-refractivity contribution >= 4 is 22.3 Å². The van der Waals surface area contributed by atoms with E-state index in [1.807, 2.05) is 42.6 Å². The summed E-state index contributed by atoms with van der Waals surface area (Å²) in [6.07, 6.45) is 6.97. The van der Waals surface area contributed by atoms with E-state index in [0.717, 1.165) is 75.4 Å². The number of H-pyrrole nitrogens is 1. The highest BCUT2D eigenvalue weighted by Gasteiger charge is 2.41. The maximum atomic E-state index is 13.1. The molecular weight excluding hydrogens is 496 g/mol. The van der Waals surface area contributed by atoms with Gasteiger partial charge in [-0.15, -0.1) is 0 Å². The SMILES string of the molecule is CC1(CCc2n[nH]c(=O)c3ccccc23)CC(NC(=O)c2cnc3cc(OCCN4CCOCC4)ccn23)C1. The van der Waals surface area contributed by atoms with Gasteiger partial charge in [-0.1, -0.05) is 25.1 Å². The van der Waals surface area contributed by atoms with E-state index in [9.17, 15) is 9.59 Å². The molecule has 10 nitrogen and oxygen atoms in total. The van der Waals surface area contributed by atoms with Crippen LogP contribution in [-0.2, 0) is 11.2 Å². The molecule has 1 saturated carbocycles. The molecule has 0 spiro atoms. The number of pyridine rings is 1. The Labute approximate surface area is 226 Å². The van der Waals surface area contributed by atoms with Crippen molar-refractivity contribution in [3.63, 3.8) is 0 Å². The fourth-order valence-electron chi connectivity index (χ4n) is 5.81. The predicted molar refractivity (Wildman–Crippen MR) is 147 cm³/mol. The van der Waals surface area contributed by atoms with E-state index in [1.54, 1.807) is 10.6 Å². The molecule has 2 fully saturated rings. The molecule has 0 bridgehead atoms. The summed E-state index contributed by atoms with van der Waals surface area (Å²) in [5, 5.41) is 11.7. The molecule has 3 aromatic heterocycles. The summed E-state index contributed by atoms with van der Waals surface area (Å²) >= 11 is 0. The van der Waals surface area contributed by atoms with E-state index in [2.05, 4.69) is 32.3 Å². The third-order valence-corrected chi connectivity index (χ3v) is 8.05. The van der Waals surface area contributed by atoms with Gasteiger partial charge in [0.15, 0.2) is 0 Å². The Kier molecular flexibility index (Phi) is 7.05. The van der Waals surface area contributed by atoms with Gasteiger partial charge >= 0.3 is 0 Å². The Morgan fingerprint density at radius 3 is 2.82 bits per heavy atom. The second-order valence-electron chi connectivity index (χ2n) is 11.0. The summed E-state index contributed by atoms with van der Waals surface area (Å²) in [4.78, 5) is 31.9. The number of morpholine rings is 1. The number of aryl methyl sites for hydroxylation is 1. The lowest BCUT2D eigenvalue weighted by molar-refractivity contribution is 0.0322. The standard InChI is InChI=1S/C29H34N6O4/c1-29(8-6-24-22-4-2-3-5-23(22)27(36)33-32-24)17-20(18-29)31-28(37)25-19-30-26-16-21(7-9-35(25)26)39-15-12-34-10-13-38-14-11-34/h2-5,7,9,16,19-20H,6,8,10-15,17-18H2,1H3,(H,31,37)(H,33,36). The van der Waals surface area contributed by atoms with E-state index < -0.39 is 0 Å². The van der Waals surface area contributed by atoms with Crippen molar-refractivity contribution in [2.24, 2.45) is 5.41 Å². The van der Waals surface area contributed by atoms with Crippen LogP contribution in [0.15, 0.2) is 53.6 Å². The van der Waals surface area contributed by atoms with E-state index in [-0.39, 0.29) is 22.9 Å². The van der Waals surface area contributed by atoms with Crippen LogP contribution >= 0.6 is 0 Å². The number of aromatic amines is 1. The Hall–Kier alpha value is -3.76. The molecule has 1 saturated heterocycles. The first-order valence-corrected chi connectivity index (χ1v) is 13.6. The minimum absolute atomic E-state index is 0.115. The molecule has 10 heteroatoms. The second-order valence-corrected chi connectivity index (χ2v) is 11.0. The van der Waals surface area contributed by atoms with Crippen LogP contribution < -0.4 is 15.6 Å². The number of imidazole rings is 1. The van der Waals surface area contributed by atoms with Gasteiger partial charge in [-0.2, -0.15) is 5.10 Å². The third-order valence-electron chi connectivity index (χ3n) is 8.05. The third kappa shape index (κ3) is 5.53. The zero-order chi connectivity index (χ0) is 26.8. The lowest BCUT2D eigenvalue weighted by Gasteiger charge is -2.45. The van der Waals surface area contributed by atoms with Crippen LogP contribution in [0, 0.1) is 5.41 Å². The zero-order valence-corrected chi connectivity index (χ0v) is 22.2. The number of amides is 1. The topological polar surface area (TPSA) is 114 Å². The largest absolute Gasteiger partial charge is 0.492 e. The molecule has 4 heterocycles. The average molecular weight is 531 g/mol. The lowest BCUT2D eigenvalue weighted by Crippen LogP contribution is -2.49. The number of ether oxygens (including phenoxy) is 2. The number of rotatable bonds is 9. The number of fused-ring (bicyclic) bond motifs is 2. The number of aromatic nitrogens is 4. The molecule has 0 atom stereocenters. The molecule has 1 aliphatic heterocycles. The van der Waals surface area contributed by atoms with Crippen molar-refractivity contribution in [2.75, 3.05) is 39.5 Å². The molecule has 4 aromatic rings. The molecular formula is C29H34N6O4. The van der Waals surface area contributed by atoms with Gasteiger partial charge in [0.2, 0.25) is 0 Å². The van der Waals surface area contributed by atoms with Crippen LogP contribution in [0.4, 0.5) is 0 Å². The highest BCUT2D eigenvalue weighted by atomic mass is 16.5. The number of nitrogens with zero attached hydrogens (tertiary/aromatic N) is 4. The molecule has 0 unspecified atom stereocenters. The number of carbonyl (C=O) groups excluding carboxylic acids is 1. The van der Waals surface area contributed by atoms with Crippen LogP contribution in [0.25, 0.3) is 16.4 Å². The van der Waals surface area contributed by atoms with Crippen LogP contribution in [-0.4, -0.2) is 75.9 Å². The van der Waals surface area contributed by atoms with Gasteiger partial charge in [-0.3, -0.25) is 18.9 Å². The minimum atomic E-state index is -0.160. The first kappa shape index (κ1) is 25.5. The Morgan fingerprint density at radius 1 is 1.21 bits per heavy atom. The maximum absolute atomic E-state index is 13.1. The molecule has 6 rings (SSSR count). The highest BCUT2D eigenvalue weighted by molar-refractivity contribution is 5.93. The number of hydrogen-bond donors (Lipinski definition) is 2.